The molecule has 2 aromatic heterocycles. The van der Waals surface area contributed by atoms with Crippen LogP contribution >= 0.6 is 0 Å². The van der Waals surface area contributed by atoms with Gasteiger partial charge in [-0.1, -0.05) is 6.07 Å². The van der Waals surface area contributed by atoms with Crippen LogP contribution in [-0.4, -0.2) is 29.5 Å². The fourth-order valence-corrected chi connectivity index (χ4v) is 3.25. The lowest BCUT2D eigenvalue weighted by Crippen LogP contribution is -2.18. The third-order valence-corrected chi connectivity index (χ3v) is 4.62. The minimum Gasteiger partial charge on any atom is -0.461 e. The number of rotatable bonds is 8. The van der Waals surface area contributed by atoms with Gasteiger partial charge in [-0.25, -0.2) is 0 Å². The van der Waals surface area contributed by atoms with Crippen LogP contribution in [0.15, 0.2) is 67.3 Å². The summed E-state index contributed by atoms with van der Waals surface area (Å²) in [7, 11) is 0. The summed E-state index contributed by atoms with van der Waals surface area (Å²) in [4.78, 5) is 10.4. The first kappa shape index (κ1) is 20.0. The van der Waals surface area contributed by atoms with E-state index in [1.54, 1.807) is 36.9 Å². The molecule has 0 aliphatic carbocycles. The predicted molar refractivity (Wildman–Crippen MR) is 107 cm³/mol. The van der Waals surface area contributed by atoms with Crippen molar-refractivity contribution in [2.45, 2.75) is 32.3 Å². The molecule has 156 valence electrons. The molecule has 0 radical (unpaired) electrons. The lowest BCUT2D eigenvalue weighted by atomic mass is 10.2. The molecule has 30 heavy (non-hydrogen) atoms. The maximum absolute atomic E-state index is 12.9. The number of alkyl halides is 2. The Bertz CT molecular complexity index is 939. The summed E-state index contributed by atoms with van der Waals surface area (Å²) >= 11 is 0. The molecule has 3 heterocycles. The first-order valence-electron chi connectivity index (χ1n) is 9.62. The summed E-state index contributed by atoms with van der Waals surface area (Å²) in [5, 5.41) is 0. The molecule has 0 saturated carbocycles. The zero-order chi connectivity index (χ0) is 20.8. The fourth-order valence-electron chi connectivity index (χ4n) is 3.25. The second-order valence-corrected chi connectivity index (χ2v) is 6.73. The second kappa shape index (κ2) is 9.49. The first-order valence-corrected chi connectivity index (χ1v) is 9.62. The topological polar surface area (TPSA) is 56.7 Å². The standard InChI is InChI=1S/C22H21F2N3O3/c23-22(24)30-19-8-7-17(12-20(19)29-21-6-3-11-28-21)27(18-5-2-10-26-14-18)15-16-4-1-9-25-13-16/h1-2,4-5,7-10,12-14,21-22H,3,6,11,15H2. The maximum atomic E-state index is 12.9. The van der Waals surface area contributed by atoms with E-state index in [1.165, 1.54) is 6.07 Å². The lowest BCUT2D eigenvalue weighted by Gasteiger charge is -2.26. The van der Waals surface area contributed by atoms with Gasteiger partial charge in [-0.3, -0.25) is 9.97 Å². The molecule has 6 nitrogen and oxygen atoms in total. The van der Waals surface area contributed by atoms with E-state index in [-0.39, 0.29) is 11.5 Å². The van der Waals surface area contributed by atoms with Gasteiger partial charge < -0.3 is 19.1 Å². The Labute approximate surface area is 173 Å². The highest BCUT2D eigenvalue weighted by molar-refractivity contribution is 5.66. The highest BCUT2D eigenvalue weighted by atomic mass is 19.3. The van der Waals surface area contributed by atoms with Gasteiger partial charge in [0.1, 0.15) is 0 Å². The SMILES string of the molecule is FC(F)Oc1ccc(N(Cc2cccnc2)c2cccnc2)cc1OC1CCCO1. The summed E-state index contributed by atoms with van der Waals surface area (Å²) in [5.74, 6) is 0.177. The van der Waals surface area contributed by atoms with Crippen LogP contribution in [0, 0.1) is 0 Å². The molecule has 1 unspecified atom stereocenters. The van der Waals surface area contributed by atoms with Gasteiger partial charge in [0, 0.05) is 43.3 Å². The van der Waals surface area contributed by atoms with E-state index in [0.717, 1.165) is 23.4 Å². The predicted octanol–water partition coefficient (Wildman–Crippen LogP) is 4.93. The number of ether oxygens (including phenoxy) is 3. The van der Waals surface area contributed by atoms with Crippen molar-refractivity contribution >= 4 is 11.4 Å². The monoisotopic (exact) mass is 413 g/mol. The maximum Gasteiger partial charge on any atom is 0.387 e. The largest absolute Gasteiger partial charge is 0.461 e. The number of halogens is 2. The molecule has 1 aliphatic rings. The first-order chi connectivity index (χ1) is 14.7. The van der Waals surface area contributed by atoms with E-state index in [4.69, 9.17) is 9.47 Å². The van der Waals surface area contributed by atoms with Gasteiger partial charge in [-0.15, -0.1) is 0 Å². The summed E-state index contributed by atoms with van der Waals surface area (Å²) in [6.45, 7) is -1.86. The molecule has 1 aliphatic heterocycles. The normalized spacial score (nSPS) is 15.9. The highest BCUT2D eigenvalue weighted by Gasteiger charge is 2.22. The molecule has 0 amide bonds. The number of anilines is 2. The van der Waals surface area contributed by atoms with Crippen LogP contribution in [-0.2, 0) is 11.3 Å². The smallest absolute Gasteiger partial charge is 0.387 e. The molecule has 1 atom stereocenters. The Balaban J connectivity index is 1.69. The van der Waals surface area contributed by atoms with Crippen LogP contribution in [0.4, 0.5) is 20.2 Å². The Hall–Kier alpha value is -3.26. The fraction of sp³-hybridized carbons (Fsp3) is 0.273. The van der Waals surface area contributed by atoms with Crippen molar-refractivity contribution in [3.05, 3.63) is 72.8 Å². The van der Waals surface area contributed by atoms with Crippen molar-refractivity contribution in [1.29, 1.82) is 0 Å². The van der Waals surface area contributed by atoms with Gasteiger partial charge >= 0.3 is 6.61 Å². The van der Waals surface area contributed by atoms with Gasteiger partial charge in [0.05, 0.1) is 18.5 Å². The zero-order valence-electron chi connectivity index (χ0n) is 16.2. The number of aromatic nitrogens is 2. The minimum atomic E-state index is -2.95. The zero-order valence-corrected chi connectivity index (χ0v) is 16.2. The van der Waals surface area contributed by atoms with Gasteiger partial charge in [-0.05, 0) is 42.3 Å². The molecule has 4 rings (SSSR count). The number of benzene rings is 1. The third-order valence-electron chi connectivity index (χ3n) is 4.62. The van der Waals surface area contributed by atoms with Crippen LogP contribution in [0.3, 0.4) is 0 Å². The number of hydrogen-bond donors (Lipinski definition) is 0. The summed E-state index contributed by atoms with van der Waals surface area (Å²) < 4.78 is 41.8. The van der Waals surface area contributed by atoms with E-state index >= 15 is 0 Å². The quantitative estimate of drug-likeness (QED) is 0.522. The van der Waals surface area contributed by atoms with Crippen molar-refractivity contribution in [3.63, 3.8) is 0 Å². The average molecular weight is 413 g/mol. The second-order valence-electron chi connectivity index (χ2n) is 6.73. The Morgan fingerprint density at radius 2 is 1.87 bits per heavy atom. The molecule has 0 N–H and O–H groups in total. The van der Waals surface area contributed by atoms with Gasteiger partial charge in [-0.2, -0.15) is 8.78 Å². The van der Waals surface area contributed by atoms with E-state index in [2.05, 4.69) is 14.7 Å². The Morgan fingerprint density at radius 3 is 2.53 bits per heavy atom. The summed E-state index contributed by atoms with van der Waals surface area (Å²) in [6.07, 6.45) is 7.99. The molecular formula is C22H21F2N3O3. The molecule has 1 saturated heterocycles. The molecule has 0 bridgehead atoms. The van der Waals surface area contributed by atoms with Gasteiger partial charge in [0.2, 0.25) is 0 Å². The van der Waals surface area contributed by atoms with E-state index in [0.29, 0.717) is 19.6 Å². The molecule has 8 heteroatoms. The summed E-state index contributed by atoms with van der Waals surface area (Å²) in [6, 6.07) is 12.5. The van der Waals surface area contributed by atoms with Crippen LogP contribution in [0.5, 0.6) is 11.5 Å². The van der Waals surface area contributed by atoms with Crippen molar-refractivity contribution in [2.75, 3.05) is 11.5 Å². The Morgan fingerprint density at radius 1 is 1.03 bits per heavy atom. The number of hydrogen-bond acceptors (Lipinski definition) is 6. The van der Waals surface area contributed by atoms with E-state index in [9.17, 15) is 8.78 Å². The van der Waals surface area contributed by atoms with Crippen molar-refractivity contribution in [3.8, 4) is 11.5 Å². The van der Waals surface area contributed by atoms with Crippen molar-refractivity contribution < 1.29 is 23.0 Å². The van der Waals surface area contributed by atoms with E-state index in [1.807, 2.05) is 29.2 Å². The number of nitrogens with zero attached hydrogens (tertiary/aromatic N) is 3. The third kappa shape index (κ3) is 5.01. The minimum absolute atomic E-state index is 0.0308. The molecular weight excluding hydrogens is 392 g/mol. The van der Waals surface area contributed by atoms with Crippen molar-refractivity contribution in [1.82, 2.24) is 9.97 Å². The summed E-state index contributed by atoms with van der Waals surface area (Å²) in [5.41, 5.74) is 2.56. The lowest BCUT2D eigenvalue weighted by molar-refractivity contribution is -0.0632. The Kier molecular flexibility index (Phi) is 6.34. The van der Waals surface area contributed by atoms with Crippen LogP contribution < -0.4 is 14.4 Å². The van der Waals surface area contributed by atoms with E-state index < -0.39 is 12.9 Å². The van der Waals surface area contributed by atoms with Gasteiger partial charge in [0.25, 0.3) is 0 Å². The van der Waals surface area contributed by atoms with Crippen LogP contribution in [0.2, 0.25) is 0 Å². The van der Waals surface area contributed by atoms with Crippen LogP contribution in [0.25, 0.3) is 0 Å². The molecule has 1 fully saturated rings. The average Bonchev–Trinajstić information content (AvgIpc) is 3.27. The van der Waals surface area contributed by atoms with Gasteiger partial charge in [0.15, 0.2) is 17.8 Å². The molecule has 3 aromatic rings. The number of pyridine rings is 2. The van der Waals surface area contributed by atoms with Crippen molar-refractivity contribution in [2.24, 2.45) is 0 Å². The molecule has 0 spiro atoms. The molecule has 1 aromatic carbocycles. The highest BCUT2D eigenvalue weighted by Crippen LogP contribution is 2.37. The van der Waals surface area contributed by atoms with Crippen LogP contribution in [0.1, 0.15) is 18.4 Å².